The van der Waals surface area contributed by atoms with Crippen molar-refractivity contribution in [2.24, 2.45) is 0 Å². The van der Waals surface area contributed by atoms with Crippen molar-refractivity contribution in [2.45, 2.75) is 26.9 Å². The molecule has 0 heterocycles. The van der Waals surface area contributed by atoms with Crippen LogP contribution in [-0.4, -0.2) is 5.97 Å². The maximum absolute atomic E-state index is 13.5. The van der Waals surface area contributed by atoms with E-state index in [-0.39, 0.29) is 18.4 Å². The smallest absolute Gasteiger partial charge is 0.310 e. The number of rotatable bonds is 5. The Hall–Kier alpha value is -1.63. The first-order chi connectivity index (χ1) is 10.5. The second-order valence-electron chi connectivity index (χ2n) is 4.74. The van der Waals surface area contributed by atoms with Crippen molar-refractivity contribution >= 4 is 28.6 Å². The summed E-state index contributed by atoms with van der Waals surface area (Å²) in [5.41, 5.74) is 1.34. The second-order valence-corrected chi connectivity index (χ2v) is 5.91. The van der Waals surface area contributed by atoms with E-state index in [1.807, 2.05) is 12.1 Å². The molecule has 0 spiro atoms. The van der Waals surface area contributed by atoms with Gasteiger partial charge in [-0.3, -0.25) is 4.79 Å². The van der Waals surface area contributed by atoms with Crippen LogP contribution in [0.15, 0.2) is 36.4 Å². The Bertz CT molecular complexity index is 686. The molecule has 0 bridgehead atoms. The predicted molar refractivity (Wildman–Crippen MR) is 90.6 cm³/mol. The zero-order valence-electron chi connectivity index (χ0n) is 12.4. The van der Waals surface area contributed by atoms with Crippen LogP contribution < -0.4 is 9.47 Å². The van der Waals surface area contributed by atoms with Crippen molar-refractivity contribution < 1.29 is 18.7 Å². The Balaban J connectivity index is 2.17. The molecule has 22 heavy (non-hydrogen) atoms. The minimum atomic E-state index is -0.308. The average molecular weight is 414 g/mol. The van der Waals surface area contributed by atoms with Crippen LogP contribution in [0.2, 0.25) is 0 Å². The molecular weight excluding hydrogens is 398 g/mol. The third-order valence-corrected chi connectivity index (χ3v) is 4.13. The normalized spacial score (nSPS) is 10.4. The summed E-state index contributed by atoms with van der Waals surface area (Å²) in [6.07, 6.45) is 0.301. The zero-order chi connectivity index (χ0) is 16.1. The number of benzene rings is 2. The summed E-state index contributed by atoms with van der Waals surface area (Å²) in [4.78, 5) is 11.5. The molecule has 0 aliphatic carbocycles. The van der Waals surface area contributed by atoms with Gasteiger partial charge in [0.1, 0.15) is 23.9 Å². The third kappa shape index (κ3) is 4.19. The van der Waals surface area contributed by atoms with Crippen LogP contribution in [0.3, 0.4) is 0 Å². The third-order valence-electron chi connectivity index (χ3n) is 3.11. The standard InChI is InChI=1S/C17H16FIO3/c1-3-17(20)22-16-6-4-5-15(19)13(16)10-21-12-8-7-11(2)14(18)9-12/h4-9H,3,10H2,1-2H3. The summed E-state index contributed by atoms with van der Waals surface area (Å²) in [7, 11) is 0. The maximum atomic E-state index is 13.5. The molecule has 0 aliphatic rings. The second kappa shape index (κ2) is 7.58. The number of ether oxygens (including phenoxy) is 2. The number of carbonyl (C=O) groups is 1. The summed E-state index contributed by atoms with van der Waals surface area (Å²) >= 11 is 2.15. The molecule has 0 aromatic heterocycles. The molecule has 2 aromatic carbocycles. The summed E-state index contributed by atoms with van der Waals surface area (Å²) < 4.78 is 25.4. The van der Waals surface area contributed by atoms with E-state index in [1.54, 1.807) is 32.0 Å². The molecule has 0 N–H and O–H groups in total. The molecule has 0 amide bonds. The van der Waals surface area contributed by atoms with Crippen LogP contribution in [0.5, 0.6) is 11.5 Å². The Labute approximate surface area is 142 Å². The van der Waals surface area contributed by atoms with Crippen LogP contribution >= 0.6 is 22.6 Å². The lowest BCUT2D eigenvalue weighted by Gasteiger charge is -2.13. The summed E-state index contributed by atoms with van der Waals surface area (Å²) in [5.74, 6) is 0.310. The van der Waals surface area contributed by atoms with Gasteiger partial charge in [0.15, 0.2) is 0 Å². The van der Waals surface area contributed by atoms with Crippen LogP contribution in [0.1, 0.15) is 24.5 Å². The number of halogens is 2. The van der Waals surface area contributed by atoms with Gasteiger partial charge < -0.3 is 9.47 Å². The molecule has 0 atom stereocenters. The Morgan fingerprint density at radius 1 is 1.27 bits per heavy atom. The molecule has 0 fully saturated rings. The number of aryl methyl sites for hydroxylation is 1. The highest BCUT2D eigenvalue weighted by atomic mass is 127. The molecule has 0 radical (unpaired) electrons. The molecule has 2 aromatic rings. The van der Waals surface area contributed by atoms with Crippen LogP contribution in [0.25, 0.3) is 0 Å². The molecule has 0 saturated heterocycles. The Morgan fingerprint density at radius 3 is 2.73 bits per heavy atom. The van der Waals surface area contributed by atoms with Gasteiger partial charge in [-0.2, -0.15) is 0 Å². The Morgan fingerprint density at radius 2 is 2.05 bits per heavy atom. The Kier molecular flexibility index (Phi) is 5.76. The highest BCUT2D eigenvalue weighted by molar-refractivity contribution is 14.1. The lowest BCUT2D eigenvalue weighted by Crippen LogP contribution is -2.09. The van der Waals surface area contributed by atoms with Crippen LogP contribution in [-0.2, 0) is 11.4 Å². The molecule has 0 unspecified atom stereocenters. The van der Waals surface area contributed by atoms with E-state index in [1.165, 1.54) is 6.07 Å². The van der Waals surface area contributed by atoms with Gasteiger partial charge >= 0.3 is 5.97 Å². The quantitative estimate of drug-likeness (QED) is 0.407. The molecule has 116 valence electrons. The van der Waals surface area contributed by atoms with E-state index in [2.05, 4.69) is 22.6 Å². The first-order valence-corrected chi connectivity index (χ1v) is 7.96. The van der Waals surface area contributed by atoms with Gasteiger partial charge in [0.25, 0.3) is 0 Å². The first kappa shape index (κ1) is 16.7. The van der Waals surface area contributed by atoms with Crippen LogP contribution in [0.4, 0.5) is 4.39 Å². The topological polar surface area (TPSA) is 35.5 Å². The lowest BCUT2D eigenvalue weighted by atomic mass is 10.2. The molecule has 0 saturated carbocycles. The van der Waals surface area contributed by atoms with Crippen molar-refractivity contribution in [1.82, 2.24) is 0 Å². The largest absolute Gasteiger partial charge is 0.489 e. The van der Waals surface area contributed by atoms with Crippen molar-refractivity contribution in [3.63, 3.8) is 0 Å². The van der Waals surface area contributed by atoms with Crippen molar-refractivity contribution in [1.29, 1.82) is 0 Å². The van der Waals surface area contributed by atoms with E-state index in [0.717, 1.165) is 9.13 Å². The van der Waals surface area contributed by atoms with E-state index in [0.29, 0.717) is 23.5 Å². The van der Waals surface area contributed by atoms with Gasteiger partial charge in [-0.15, -0.1) is 0 Å². The van der Waals surface area contributed by atoms with Gasteiger partial charge in [0.05, 0.1) is 0 Å². The fourth-order valence-corrected chi connectivity index (χ4v) is 2.42. The van der Waals surface area contributed by atoms with E-state index < -0.39 is 0 Å². The first-order valence-electron chi connectivity index (χ1n) is 6.88. The number of hydrogen-bond donors (Lipinski definition) is 0. The van der Waals surface area contributed by atoms with Gasteiger partial charge in [0, 0.05) is 21.6 Å². The van der Waals surface area contributed by atoms with Gasteiger partial charge in [-0.1, -0.05) is 19.1 Å². The SMILES string of the molecule is CCC(=O)Oc1cccc(I)c1COc1ccc(C)c(F)c1. The number of carbonyl (C=O) groups excluding carboxylic acids is 1. The van der Waals surface area contributed by atoms with Gasteiger partial charge in [-0.05, 0) is 53.3 Å². The van der Waals surface area contributed by atoms with Gasteiger partial charge in [0.2, 0.25) is 0 Å². The van der Waals surface area contributed by atoms with E-state index >= 15 is 0 Å². The maximum Gasteiger partial charge on any atom is 0.310 e. The van der Waals surface area contributed by atoms with Crippen molar-refractivity contribution in [3.05, 3.63) is 56.9 Å². The molecule has 5 heteroatoms. The highest BCUT2D eigenvalue weighted by Gasteiger charge is 2.12. The minimum Gasteiger partial charge on any atom is -0.489 e. The predicted octanol–water partition coefficient (Wildman–Crippen LogP) is 4.63. The average Bonchev–Trinajstić information content (AvgIpc) is 2.50. The molecule has 0 aliphatic heterocycles. The fourth-order valence-electron chi connectivity index (χ4n) is 1.79. The summed E-state index contributed by atoms with van der Waals surface area (Å²) in [5, 5.41) is 0. The minimum absolute atomic E-state index is 0.202. The lowest BCUT2D eigenvalue weighted by molar-refractivity contribution is -0.134. The number of hydrogen-bond acceptors (Lipinski definition) is 3. The monoisotopic (exact) mass is 414 g/mol. The summed E-state index contributed by atoms with van der Waals surface area (Å²) in [6.45, 7) is 3.64. The van der Waals surface area contributed by atoms with Crippen LogP contribution in [0, 0.1) is 16.3 Å². The summed E-state index contributed by atoms with van der Waals surface area (Å²) in [6, 6.07) is 10.2. The zero-order valence-corrected chi connectivity index (χ0v) is 14.5. The van der Waals surface area contributed by atoms with Crippen molar-refractivity contribution in [2.75, 3.05) is 0 Å². The molecule has 3 nitrogen and oxygen atoms in total. The fraction of sp³-hybridized carbons (Fsp3) is 0.235. The molecular formula is C17H16FIO3. The van der Waals surface area contributed by atoms with Crippen molar-refractivity contribution in [3.8, 4) is 11.5 Å². The molecule has 2 rings (SSSR count). The number of esters is 1. The van der Waals surface area contributed by atoms with E-state index in [9.17, 15) is 9.18 Å². The van der Waals surface area contributed by atoms with Gasteiger partial charge in [-0.25, -0.2) is 4.39 Å². The van der Waals surface area contributed by atoms with E-state index in [4.69, 9.17) is 9.47 Å². The highest BCUT2D eigenvalue weighted by Crippen LogP contribution is 2.26.